The van der Waals surface area contributed by atoms with Crippen molar-refractivity contribution in [3.8, 4) is 0 Å². The smallest absolute Gasteiger partial charge is 0.0963 e. The molecule has 1 fully saturated rings. The summed E-state index contributed by atoms with van der Waals surface area (Å²) in [5.41, 5.74) is 1.26. The van der Waals surface area contributed by atoms with Gasteiger partial charge in [0.15, 0.2) is 0 Å². The third-order valence-corrected chi connectivity index (χ3v) is 3.80. The van der Waals surface area contributed by atoms with E-state index in [1.54, 1.807) is 0 Å². The molecule has 1 unspecified atom stereocenters. The van der Waals surface area contributed by atoms with Crippen molar-refractivity contribution in [1.29, 1.82) is 0 Å². The summed E-state index contributed by atoms with van der Waals surface area (Å²) in [4.78, 5) is 2.47. The summed E-state index contributed by atoms with van der Waals surface area (Å²) in [5.74, 6) is 0. The quantitative estimate of drug-likeness (QED) is 0.826. The van der Waals surface area contributed by atoms with Crippen LogP contribution in [0.25, 0.3) is 0 Å². The van der Waals surface area contributed by atoms with Crippen LogP contribution in [-0.2, 0) is 4.74 Å². The summed E-state index contributed by atoms with van der Waals surface area (Å²) in [5, 5.41) is 0. The first-order valence-corrected chi connectivity index (χ1v) is 6.58. The summed E-state index contributed by atoms with van der Waals surface area (Å²) in [6, 6.07) is 8.91. The van der Waals surface area contributed by atoms with Gasteiger partial charge in [-0.1, -0.05) is 34.1 Å². The van der Waals surface area contributed by atoms with E-state index in [1.807, 2.05) is 6.07 Å². The van der Waals surface area contributed by atoms with Gasteiger partial charge in [0.1, 0.15) is 0 Å². The number of nitrogens with zero attached hydrogens (tertiary/aromatic N) is 1. The average molecular weight is 284 g/mol. The van der Waals surface area contributed by atoms with Crippen molar-refractivity contribution in [2.75, 3.05) is 19.7 Å². The first kappa shape index (κ1) is 12.1. The zero-order valence-corrected chi connectivity index (χ0v) is 11.4. The highest BCUT2D eigenvalue weighted by Gasteiger charge is 2.24. The molecule has 1 aliphatic rings. The van der Waals surface area contributed by atoms with Crippen LogP contribution in [0.1, 0.15) is 25.5 Å². The molecule has 0 bridgehead atoms. The predicted octanol–water partition coefficient (Wildman–Crippen LogP) is 3.23. The normalized spacial score (nSPS) is 22.6. The minimum absolute atomic E-state index is 0.201. The molecule has 16 heavy (non-hydrogen) atoms. The van der Waals surface area contributed by atoms with Crippen LogP contribution in [0.5, 0.6) is 0 Å². The van der Waals surface area contributed by atoms with E-state index in [9.17, 15) is 0 Å². The Morgan fingerprint density at radius 1 is 1.38 bits per heavy atom. The molecule has 0 aliphatic carbocycles. The van der Waals surface area contributed by atoms with Crippen molar-refractivity contribution in [2.24, 2.45) is 0 Å². The number of morpholine rings is 1. The predicted molar refractivity (Wildman–Crippen MR) is 69.5 cm³/mol. The Bertz CT molecular complexity index is 354. The van der Waals surface area contributed by atoms with E-state index in [-0.39, 0.29) is 6.10 Å². The van der Waals surface area contributed by atoms with E-state index < -0.39 is 0 Å². The van der Waals surface area contributed by atoms with Gasteiger partial charge < -0.3 is 4.74 Å². The Balaban J connectivity index is 2.13. The molecule has 1 saturated heterocycles. The fourth-order valence-electron chi connectivity index (χ4n) is 2.06. The fraction of sp³-hybridized carbons (Fsp3) is 0.538. The number of hydrogen-bond donors (Lipinski definition) is 0. The molecular weight excluding hydrogens is 266 g/mol. The molecule has 0 saturated carbocycles. The van der Waals surface area contributed by atoms with Crippen molar-refractivity contribution >= 4 is 15.9 Å². The van der Waals surface area contributed by atoms with Crippen LogP contribution in [0.2, 0.25) is 0 Å². The van der Waals surface area contributed by atoms with Gasteiger partial charge in [0, 0.05) is 23.6 Å². The van der Waals surface area contributed by atoms with E-state index in [0.717, 1.165) is 24.2 Å². The van der Waals surface area contributed by atoms with Gasteiger partial charge in [-0.05, 0) is 25.5 Å². The Kier molecular flexibility index (Phi) is 4.00. The minimum atomic E-state index is 0.201. The third-order valence-electron chi connectivity index (χ3n) is 3.08. The van der Waals surface area contributed by atoms with Gasteiger partial charge in [0.05, 0.1) is 12.7 Å². The van der Waals surface area contributed by atoms with Crippen molar-refractivity contribution in [2.45, 2.75) is 26.0 Å². The molecule has 1 atom stereocenters. The first-order chi connectivity index (χ1) is 7.68. The van der Waals surface area contributed by atoms with Gasteiger partial charge >= 0.3 is 0 Å². The minimum Gasteiger partial charge on any atom is -0.371 e. The van der Waals surface area contributed by atoms with Crippen LogP contribution < -0.4 is 0 Å². The highest BCUT2D eigenvalue weighted by atomic mass is 79.9. The molecule has 0 radical (unpaired) electrons. The van der Waals surface area contributed by atoms with Crippen LogP contribution in [0.15, 0.2) is 28.7 Å². The van der Waals surface area contributed by atoms with Gasteiger partial charge in [0.25, 0.3) is 0 Å². The van der Waals surface area contributed by atoms with Crippen molar-refractivity contribution in [3.63, 3.8) is 0 Å². The summed E-state index contributed by atoms with van der Waals surface area (Å²) in [6.45, 7) is 7.33. The molecule has 1 aliphatic heterocycles. The lowest BCUT2D eigenvalue weighted by Gasteiger charge is -2.36. The Morgan fingerprint density at radius 3 is 2.81 bits per heavy atom. The first-order valence-electron chi connectivity index (χ1n) is 5.78. The second-order valence-electron chi connectivity index (χ2n) is 4.47. The largest absolute Gasteiger partial charge is 0.371 e. The van der Waals surface area contributed by atoms with E-state index in [4.69, 9.17) is 4.74 Å². The van der Waals surface area contributed by atoms with Crippen LogP contribution in [0.3, 0.4) is 0 Å². The third kappa shape index (κ3) is 2.65. The molecule has 0 N–H and O–H groups in total. The van der Waals surface area contributed by atoms with Crippen molar-refractivity contribution < 1.29 is 4.74 Å². The average Bonchev–Trinajstić information content (AvgIpc) is 2.30. The van der Waals surface area contributed by atoms with Gasteiger partial charge in [-0.15, -0.1) is 0 Å². The zero-order chi connectivity index (χ0) is 11.5. The molecular formula is C13H18BrNO. The monoisotopic (exact) mass is 283 g/mol. The highest BCUT2D eigenvalue weighted by molar-refractivity contribution is 9.10. The molecule has 1 heterocycles. The summed E-state index contributed by atoms with van der Waals surface area (Å²) >= 11 is 3.59. The standard InChI is InChI=1S/C13H18BrNO/c1-10(2)15-7-8-16-13(9-15)11-5-3-4-6-12(11)14/h3-6,10,13H,7-9H2,1-2H3. The van der Waals surface area contributed by atoms with E-state index in [1.165, 1.54) is 5.56 Å². The molecule has 2 nitrogen and oxygen atoms in total. The van der Waals surface area contributed by atoms with E-state index in [2.05, 4.69) is 52.9 Å². The number of rotatable bonds is 2. The van der Waals surface area contributed by atoms with Gasteiger partial charge in [-0.3, -0.25) is 4.90 Å². The highest BCUT2D eigenvalue weighted by Crippen LogP contribution is 2.29. The Morgan fingerprint density at radius 2 is 2.12 bits per heavy atom. The number of hydrogen-bond acceptors (Lipinski definition) is 2. The second-order valence-corrected chi connectivity index (χ2v) is 5.32. The van der Waals surface area contributed by atoms with Crippen LogP contribution in [0, 0.1) is 0 Å². The van der Waals surface area contributed by atoms with Crippen molar-refractivity contribution in [3.05, 3.63) is 34.3 Å². The van der Waals surface area contributed by atoms with Crippen LogP contribution in [0.4, 0.5) is 0 Å². The lowest BCUT2D eigenvalue weighted by Crippen LogP contribution is -2.42. The molecule has 88 valence electrons. The van der Waals surface area contributed by atoms with Gasteiger partial charge in [-0.25, -0.2) is 0 Å². The number of halogens is 1. The summed E-state index contributed by atoms with van der Waals surface area (Å²) in [6.07, 6.45) is 0.201. The lowest BCUT2D eigenvalue weighted by atomic mass is 10.1. The Hall–Kier alpha value is -0.380. The fourth-order valence-corrected chi connectivity index (χ4v) is 2.60. The van der Waals surface area contributed by atoms with Gasteiger partial charge in [0.2, 0.25) is 0 Å². The van der Waals surface area contributed by atoms with E-state index >= 15 is 0 Å². The molecule has 1 aromatic rings. The maximum Gasteiger partial charge on any atom is 0.0963 e. The molecule has 0 amide bonds. The molecule has 2 rings (SSSR count). The van der Waals surface area contributed by atoms with Crippen LogP contribution in [-0.4, -0.2) is 30.6 Å². The topological polar surface area (TPSA) is 12.5 Å². The second kappa shape index (κ2) is 5.30. The molecule has 0 spiro atoms. The summed E-state index contributed by atoms with van der Waals surface area (Å²) in [7, 11) is 0. The van der Waals surface area contributed by atoms with Gasteiger partial charge in [-0.2, -0.15) is 0 Å². The number of ether oxygens (including phenoxy) is 1. The summed E-state index contributed by atoms with van der Waals surface area (Å²) < 4.78 is 7.00. The Labute approximate surface area is 106 Å². The lowest BCUT2D eigenvalue weighted by molar-refractivity contribution is -0.0405. The maximum atomic E-state index is 5.85. The SMILES string of the molecule is CC(C)N1CCOC(c2ccccc2Br)C1. The molecule has 1 aromatic carbocycles. The number of benzene rings is 1. The van der Waals surface area contributed by atoms with E-state index in [0.29, 0.717) is 6.04 Å². The molecule has 0 aromatic heterocycles. The van der Waals surface area contributed by atoms with Crippen molar-refractivity contribution in [1.82, 2.24) is 4.90 Å². The zero-order valence-electron chi connectivity index (χ0n) is 9.82. The molecule has 3 heteroatoms. The maximum absolute atomic E-state index is 5.85. The van der Waals surface area contributed by atoms with Crippen LogP contribution >= 0.6 is 15.9 Å².